The van der Waals surface area contributed by atoms with E-state index in [9.17, 15) is 30.8 Å². The number of halogens is 4. The molecule has 1 aromatic heterocycles. The molecule has 1 fully saturated rings. The zero-order chi connectivity index (χ0) is 26.8. The van der Waals surface area contributed by atoms with Crippen molar-refractivity contribution in [3.63, 3.8) is 0 Å². The van der Waals surface area contributed by atoms with Crippen LogP contribution in [0.2, 0.25) is 0 Å². The van der Waals surface area contributed by atoms with Crippen molar-refractivity contribution in [2.45, 2.75) is 36.5 Å². The fraction of sp³-hybridized carbons (Fsp3) is 0.292. The number of amides is 1. The Bertz CT molecular complexity index is 1380. The number of alkyl halides is 3. The van der Waals surface area contributed by atoms with Gasteiger partial charge in [0.05, 0.1) is 35.5 Å². The number of rotatable bonds is 7. The van der Waals surface area contributed by atoms with Gasteiger partial charge in [-0.1, -0.05) is 12.1 Å². The fourth-order valence-electron chi connectivity index (χ4n) is 3.96. The molecule has 1 amide bonds. The minimum atomic E-state index is -4.48. The van der Waals surface area contributed by atoms with E-state index in [-0.39, 0.29) is 29.7 Å². The topological polar surface area (TPSA) is 101 Å². The number of aromatic nitrogens is 2. The number of ether oxygens (including phenoxy) is 1. The predicted molar refractivity (Wildman–Crippen MR) is 124 cm³/mol. The van der Waals surface area contributed by atoms with Crippen molar-refractivity contribution in [1.29, 1.82) is 0 Å². The smallest absolute Gasteiger partial charge is 0.416 e. The summed E-state index contributed by atoms with van der Waals surface area (Å²) in [5, 5.41) is 2.66. The van der Waals surface area contributed by atoms with Crippen LogP contribution in [-0.4, -0.2) is 48.3 Å². The van der Waals surface area contributed by atoms with Crippen molar-refractivity contribution < 1.29 is 35.5 Å². The lowest BCUT2D eigenvalue weighted by molar-refractivity contribution is -0.137. The number of nitrogens with zero attached hydrogens (tertiary/aromatic N) is 3. The molecule has 1 aliphatic heterocycles. The Morgan fingerprint density at radius 3 is 2.41 bits per heavy atom. The zero-order valence-electron chi connectivity index (χ0n) is 19.5. The van der Waals surface area contributed by atoms with Gasteiger partial charge in [-0.3, -0.25) is 4.79 Å². The summed E-state index contributed by atoms with van der Waals surface area (Å²) in [5.74, 6) is -1.12. The molecule has 2 aromatic carbocycles. The van der Waals surface area contributed by atoms with Gasteiger partial charge in [-0.05, 0) is 55.3 Å². The summed E-state index contributed by atoms with van der Waals surface area (Å²) in [4.78, 5) is 21.2. The van der Waals surface area contributed by atoms with Crippen molar-refractivity contribution in [2.75, 3.05) is 13.7 Å². The summed E-state index contributed by atoms with van der Waals surface area (Å²) >= 11 is 0. The van der Waals surface area contributed by atoms with Crippen LogP contribution in [0.5, 0.6) is 6.01 Å². The van der Waals surface area contributed by atoms with Gasteiger partial charge in [-0.25, -0.2) is 12.8 Å². The molecule has 0 radical (unpaired) electrons. The average Bonchev–Trinajstić information content (AvgIpc) is 3.38. The molecule has 37 heavy (non-hydrogen) atoms. The normalized spacial score (nSPS) is 16.5. The summed E-state index contributed by atoms with van der Waals surface area (Å²) in [6.45, 7) is 0.0312. The lowest BCUT2D eigenvalue weighted by Crippen LogP contribution is -2.45. The summed E-state index contributed by atoms with van der Waals surface area (Å²) in [5.41, 5.74) is 0.169. The Morgan fingerprint density at radius 2 is 1.78 bits per heavy atom. The molecule has 2 heterocycles. The maximum atomic E-state index is 13.2. The molecular formula is C24H22F4N4O4S. The van der Waals surface area contributed by atoms with Crippen LogP contribution in [0.3, 0.4) is 0 Å². The van der Waals surface area contributed by atoms with E-state index in [4.69, 9.17) is 4.74 Å². The molecule has 0 saturated carbocycles. The minimum Gasteiger partial charge on any atom is -0.467 e. The standard InChI is InChI=1S/C24H22F4N4O4S/c1-36-23-30-18(13-20(31-23)15-4-6-16(7-5-15)24(26,27)28)14-29-22(33)21-3-2-12-32(21)37(34,35)19-10-8-17(25)9-11-19/h4-11,13,21H,2-3,12,14H2,1H3,(H,29,33)/t21-/m0/s1. The molecule has 13 heteroatoms. The van der Waals surface area contributed by atoms with Crippen LogP contribution in [0.25, 0.3) is 11.3 Å². The van der Waals surface area contributed by atoms with Gasteiger partial charge >= 0.3 is 12.2 Å². The van der Waals surface area contributed by atoms with E-state index < -0.39 is 39.5 Å². The van der Waals surface area contributed by atoms with Crippen molar-refractivity contribution in [1.82, 2.24) is 19.6 Å². The van der Waals surface area contributed by atoms with E-state index in [2.05, 4.69) is 15.3 Å². The highest BCUT2D eigenvalue weighted by Crippen LogP contribution is 2.31. The van der Waals surface area contributed by atoms with Crippen LogP contribution in [0, 0.1) is 5.82 Å². The molecule has 1 saturated heterocycles. The Balaban J connectivity index is 1.50. The van der Waals surface area contributed by atoms with Crippen molar-refractivity contribution in [2.24, 2.45) is 0 Å². The van der Waals surface area contributed by atoms with Crippen LogP contribution in [0.1, 0.15) is 24.1 Å². The van der Waals surface area contributed by atoms with Crippen LogP contribution in [-0.2, 0) is 27.5 Å². The maximum absolute atomic E-state index is 13.2. The average molecular weight is 539 g/mol. The van der Waals surface area contributed by atoms with Gasteiger partial charge < -0.3 is 10.1 Å². The quantitative estimate of drug-likeness (QED) is 0.460. The predicted octanol–water partition coefficient (Wildman–Crippen LogP) is 3.78. The summed E-state index contributed by atoms with van der Waals surface area (Å²) in [6, 6.07) is 9.24. The molecule has 3 aromatic rings. The molecule has 4 rings (SSSR count). The molecule has 8 nitrogen and oxygen atoms in total. The van der Waals surface area contributed by atoms with Gasteiger partial charge in [0, 0.05) is 12.1 Å². The van der Waals surface area contributed by atoms with Gasteiger partial charge in [0.15, 0.2) is 0 Å². The number of hydrogen-bond acceptors (Lipinski definition) is 6. The number of nitrogens with one attached hydrogen (secondary N) is 1. The van der Waals surface area contributed by atoms with Crippen LogP contribution < -0.4 is 10.1 Å². The van der Waals surface area contributed by atoms with Crippen LogP contribution in [0.4, 0.5) is 17.6 Å². The van der Waals surface area contributed by atoms with E-state index in [1.165, 1.54) is 25.3 Å². The number of sulfonamides is 1. The number of carbonyl (C=O) groups is 1. The van der Waals surface area contributed by atoms with Gasteiger partial charge in [0.1, 0.15) is 11.9 Å². The highest BCUT2D eigenvalue weighted by molar-refractivity contribution is 7.89. The molecular weight excluding hydrogens is 516 g/mol. The van der Waals surface area contributed by atoms with Crippen molar-refractivity contribution in [3.8, 4) is 17.3 Å². The van der Waals surface area contributed by atoms with Gasteiger partial charge in [-0.2, -0.15) is 27.4 Å². The third-order valence-corrected chi connectivity index (χ3v) is 7.74. The molecule has 1 N–H and O–H groups in total. The Hall–Kier alpha value is -3.58. The SMILES string of the molecule is COc1nc(CNC(=O)[C@@H]2CCCN2S(=O)(=O)c2ccc(F)cc2)cc(-c2ccc(C(F)(F)F)cc2)n1. The second kappa shape index (κ2) is 10.4. The molecule has 0 spiro atoms. The summed E-state index contributed by atoms with van der Waals surface area (Å²) in [7, 11) is -2.70. The van der Waals surface area contributed by atoms with Gasteiger partial charge in [0.25, 0.3) is 0 Å². The zero-order valence-corrected chi connectivity index (χ0v) is 20.3. The van der Waals surface area contributed by atoms with Gasteiger partial charge in [0.2, 0.25) is 15.9 Å². The monoisotopic (exact) mass is 538 g/mol. The first-order valence-corrected chi connectivity index (χ1v) is 12.6. The Labute approximate surface area is 210 Å². The third kappa shape index (κ3) is 5.88. The fourth-order valence-corrected chi connectivity index (χ4v) is 5.62. The van der Waals surface area contributed by atoms with Crippen molar-refractivity contribution in [3.05, 3.63) is 71.7 Å². The van der Waals surface area contributed by atoms with Crippen LogP contribution >= 0.6 is 0 Å². The highest BCUT2D eigenvalue weighted by atomic mass is 32.2. The molecule has 196 valence electrons. The maximum Gasteiger partial charge on any atom is 0.416 e. The van der Waals surface area contributed by atoms with Crippen molar-refractivity contribution >= 4 is 15.9 Å². The number of carbonyl (C=O) groups excluding carboxylic acids is 1. The summed E-state index contributed by atoms with van der Waals surface area (Å²) in [6.07, 6.45) is -3.70. The van der Waals surface area contributed by atoms with Gasteiger partial charge in [-0.15, -0.1) is 0 Å². The number of methoxy groups -OCH3 is 1. The van der Waals surface area contributed by atoms with E-state index >= 15 is 0 Å². The highest BCUT2D eigenvalue weighted by Gasteiger charge is 2.39. The van der Waals surface area contributed by atoms with E-state index in [1.54, 1.807) is 0 Å². The molecule has 0 bridgehead atoms. The summed E-state index contributed by atoms with van der Waals surface area (Å²) < 4.78 is 84.1. The Morgan fingerprint density at radius 1 is 1.11 bits per heavy atom. The second-order valence-corrected chi connectivity index (χ2v) is 10.1. The molecule has 1 aliphatic rings. The third-order valence-electron chi connectivity index (χ3n) is 5.82. The van der Waals surface area contributed by atoms with E-state index in [0.717, 1.165) is 40.7 Å². The van der Waals surface area contributed by atoms with E-state index in [1.807, 2.05) is 0 Å². The lowest BCUT2D eigenvalue weighted by Gasteiger charge is -2.23. The first kappa shape index (κ1) is 26.5. The molecule has 0 aliphatic carbocycles. The van der Waals surface area contributed by atoms with Crippen LogP contribution in [0.15, 0.2) is 59.5 Å². The first-order chi connectivity index (χ1) is 17.5. The Kier molecular flexibility index (Phi) is 7.46. The first-order valence-electron chi connectivity index (χ1n) is 11.1. The number of benzene rings is 2. The molecule has 1 atom stereocenters. The largest absolute Gasteiger partial charge is 0.467 e. The lowest BCUT2D eigenvalue weighted by atomic mass is 10.1. The minimum absolute atomic E-state index is 0.0528. The number of hydrogen-bond donors (Lipinski definition) is 1. The second-order valence-electron chi connectivity index (χ2n) is 8.25. The van der Waals surface area contributed by atoms with E-state index in [0.29, 0.717) is 24.1 Å². The molecule has 0 unspecified atom stereocenters.